The summed E-state index contributed by atoms with van der Waals surface area (Å²) in [5.74, 6) is 0.136. The van der Waals surface area contributed by atoms with E-state index in [1.165, 1.54) is 12.1 Å². The number of fused-ring (bicyclic) bond motifs is 1. The van der Waals surface area contributed by atoms with Gasteiger partial charge in [-0.2, -0.15) is 0 Å². The molecule has 234 valence electrons. The maximum absolute atomic E-state index is 14.8. The minimum absolute atomic E-state index is 0.203. The number of benzene rings is 2. The fourth-order valence-electron chi connectivity index (χ4n) is 6.17. The van der Waals surface area contributed by atoms with Crippen molar-refractivity contribution < 1.29 is 31.8 Å². The molecule has 44 heavy (non-hydrogen) atoms. The lowest BCUT2D eigenvalue weighted by atomic mass is 9.88. The average molecular weight is 644 g/mol. The molecule has 0 spiro atoms. The molecule has 4 heterocycles. The Bertz CT molecular complexity index is 1700. The highest BCUT2D eigenvalue weighted by molar-refractivity contribution is 7.93. The first-order valence-electron chi connectivity index (χ1n) is 14.9. The van der Waals surface area contributed by atoms with Crippen LogP contribution in [-0.2, 0) is 38.2 Å². The second kappa shape index (κ2) is 12.2. The normalized spacial score (nSPS) is 23.1. The van der Waals surface area contributed by atoms with Gasteiger partial charge in [0.25, 0.3) is 5.79 Å². The molecule has 9 nitrogen and oxygen atoms in total. The van der Waals surface area contributed by atoms with Gasteiger partial charge in [0.2, 0.25) is 0 Å². The summed E-state index contributed by atoms with van der Waals surface area (Å²) in [6, 6.07) is 10.3. The number of hydrogen-bond donors (Lipinski definition) is 0. The molecule has 0 radical (unpaired) electrons. The van der Waals surface area contributed by atoms with E-state index in [-0.39, 0.29) is 23.8 Å². The van der Waals surface area contributed by atoms with E-state index >= 15 is 0 Å². The van der Waals surface area contributed by atoms with Crippen LogP contribution < -0.4 is 9.47 Å². The summed E-state index contributed by atoms with van der Waals surface area (Å²) >= 11 is 5.96. The van der Waals surface area contributed by atoms with Gasteiger partial charge >= 0.3 is 5.97 Å². The zero-order chi connectivity index (χ0) is 31.1. The van der Waals surface area contributed by atoms with Gasteiger partial charge in [0.1, 0.15) is 11.6 Å². The summed E-state index contributed by atoms with van der Waals surface area (Å²) in [5, 5.41) is -0.150. The number of esters is 1. The molecule has 0 amide bonds. The van der Waals surface area contributed by atoms with E-state index in [1.54, 1.807) is 38.3 Å². The highest BCUT2D eigenvalue weighted by Crippen LogP contribution is 2.49. The van der Waals surface area contributed by atoms with E-state index < -0.39 is 32.7 Å². The van der Waals surface area contributed by atoms with Crippen LogP contribution in [0.4, 0.5) is 4.39 Å². The molecule has 3 aliphatic heterocycles. The third-order valence-electron chi connectivity index (χ3n) is 8.69. The van der Waals surface area contributed by atoms with Gasteiger partial charge in [-0.15, -0.1) is 0 Å². The lowest BCUT2D eigenvalue weighted by Gasteiger charge is -2.33. The molecule has 0 bridgehead atoms. The van der Waals surface area contributed by atoms with E-state index in [0.29, 0.717) is 41.7 Å². The van der Waals surface area contributed by atoms with Crippen molar-refractivity contribution in [2.45, 2.75) is 63.2 Å². The van der Waals surface area contributed by atoms with Gasteiger partial charge in [-0.1, -0.05) is 23.7 Å². The van der Waals surface area contributed by atoms with Crippen LogP contribution in [0.15, 0.2) is 48.7 Å². The van der Waals surface area contributed by atoms with E-state index in [9.17, 15) is 17.6 Å². The molecule has 0 aliphatic carbocycles. The smallest absolute Gasteiger partial charge is 0.330 e. The van der Waals surface area contributed by atoms with Gasteiger partial charge in [0.05, 0.1) is 41.6 Å². The average Bonchev–Trinajstić information content (AvgIpc) is 3.54. The first kappa shape index (κ1) is 30.6. The Labute approximate surface area is 261 Å². The first-order chi connectivity index (χ1) is 21.1. The number of carbonyl (C=O) groups is 1. The zero-order valence-electron chi connectivity index (χ0n) is 24.7. The predicted molar refractivity (Wildman–Crippen MR) is 164 cm³/mol. The summed E-state index contributed by atoms with van der Waals surface area (Å²) in [6.45, 7) is 6.16. The Morgan fingerprint density at radius 3 is 2.68 bits per heavy atom. The molecule has 2 atom stereocenters. The number of carbonyl (C=O) groups excluding carboxylic acids is 1. The minimum atomic E-state index is -3.11. The summed E-state index contributed by atoms with van der Waals surface area (Å²) < 4.78 is 58.9. The van der Waals surface area contributed by atoms with Gasteiger partial charge in [0, 0.05) is 30.1 Å². The molecule has 3 aliphatic rings. The molecule has 2 saturated heterocycles. The van der Waals surface area contributed by atoms with Crippen molar-refractivity contribution in [3.05, 3.63) is 82.2 Å². The number of sulfone groups is 1. The van der Waals surface area contributed by atoms with E-state index in [2.05, 4.69) is 9.88 Å². The molecule has 6 rings (SSSR count). The maximum atomic E-state index is 14.8. The Morgan fingerprint density at radius 2 is 2.00 bits per heavy atom. The molecule has 2 aromatic carbocycles. The van der Waals surface area contributed by atoms with Gasteiger partial charge in [-0.25, -0.2) is 22.6 Å². The topological polar surface area (TPSA) is 100.0 Å². The van der Waals surface area contributed by atoms with E-state index in [1.807, 2.05) is 22.8 Å². The van der Waals surface area contributed by atoms with Crippen molar-refractivity contribution in [1.82, 2.24) is 14.5 Å². The molecule has 0 N–H and O–H groups in total. The van der Waals surface area contributed by atoms with Crippen LogP contribution in [0.5, 0.6) is 11.5 Å². The number of rotatable bonds is 9. The summed E-state index contributed by atoms with van der Waals surface area (Å²) in [7, 11) is -3.11. The second-order valence-corrected chi connectivity index (χ2v) is 14.4. The molecule has 2 fully saturated rings. The summed E-state index contributed by atoms with van der Waals surface area (Å²) in [4.78, 5) is 18.8. The zero-order valence-corrected chi connectivity index (χ0v) is 26.2. The van der Waals surface area contributed by atoms with Crippen molar-refractivity contribution in [2.24, 2.45) is 0 Å². The SMILES string of the molecule is CCOC(=O)/C=C/c1cnc(CN2CCC(c3cccc4c3O[C@@](C)(c3ccc(Cl)cc3F)O4)CC2)n1CC1CCS1(=O)=O. The van der Waals surface area contributed by atoms with Crippen molar-refractivity contribution in [3.8, 4) is 11.5 Å². The quantitative estimate of drug-likeness (QED) is 0.224. The monoisotopic (exact) mass is 643 g/mol. The number of nitrogens with zero attached hydrogens (tertiary/aromatic N) is 3. The third-order valence-corrected chi connectivity index (χ3v) is 11.1. The number of imidazole rings is 1. The Hall–Kier alpha value is -3.41. The Morgan fingerprint density at radius 1 is 1.20 bits per heavy atom. The minimum Gasteiger partial charge on any atom is -0.463 e. The number of para-hydroxylation sites is 1. The van der Waals surface area contributed by atoms with E-state index in [0.717, 1.165) is 37.3 Å². The van der Waals surface area contributed by atoms with Gasteiger partial charge < -0.3 is 18.8 Å². The highest BCUT2D eigenvalue weighted by atomic mass is 35.5. The Kier molecular flexibility index (Phi) is 8.47. The van der Waals surface area contributed by atoms with Crippen LogP contribution in [0.2, 0.25) is 5.02 Å². The van der Waals surface area contributed by atoms with Crippen LogP contribution in [0.3, 0.4) is 0 Å². The largest absolute Gasteiger partial charge is 0.463 e. The van der Waals surface area contributed by atoms with Gasteiger partial charge in [0.15, 0.2) is 21.3 Å². The van der Waals surface area contributed by atoms with Crippen LogP contribution >= 0.6 is 11.6 Å². The number of likely N-dealkylation sites (tertiary alicyclic amines) is 1. The third kappa shape index (κ3) is 6.09. The van der Waals surface area contributed by atoms with Crippen LogP contribution in [0.1, 0.15) is 61.7 Å². The number of aromatic nitrogens is 2. The van der Waals surface area contributed by atoms with Crippen molar-refractivity contribution in [1.29, 1.82) is 0 Å². The lowest BCUT2D eigenvalue weighted by molar-refractivity contribution is -0.137. The first-order valence-corrected chi connectivity index (χ1v) is 17.0. The van der Waals surface area contributed by atoms with Gasteiger partial charge in [-0.05, 0) is 75.5 Å². The molecule has 1 unspecified atom stereocenters. The highest BCUT2D eigenvalue weighted by Gasteiger charge is 2.43. The second-order valence-electron chi connectivity index (χ2n) is 11.6. The van der Waals surface area contributed by atoms with Gasteiger partial charge in [-0.3, -0.25) is 4.90 Å². The molecule has 12 heteroatoms. The summed E-state index contributed by atoms with van der Waals surface area (Å²) in [5.41, 5.74) is 1.98. The number of halogens is 2. The lowest BCUT2D eigenvalue weighted by Crippen LogP contribution is -2.40. The van der Waals surface area contributed by atoms with Crippen LogP contribution in [-0.4, -0.2) is 59.5 Å². The molecular weight excluding hydrogens is 609 g/mol. The number of hydrogen-bond acceptors (Lipinski definition) is 8. The molecule has 1 aromatic heterocycles. The molecule has 3 aromatic rings. The van der Waals surface area contributed by atoms with Crippen LogP contribution in [0.25, 0.3) is 6.08 Å². The van der Waals surface area contributed by atoms with Crippen molar-refractivity contribution in [3.63, 3.8) is 0 Å². The number of piperidine rings is 1. The Balaban J connectivity index is 1.15. The van der Waals surface area contributed by atoms with Crippen molar-refractivity contribution in [2.75, 3.05) is 25.4 Å². The molecule has 0 saturated carbocycles. The maximum Gasteiger partial charge on any atom is 0.330 e. The number of ether oxygens (including phenoxy) is 3. The predicted octanol–water partition coefficient (Wildman–Crippen LogP) is 5.46. The van der Waals surface area contributed by atoms with Crippen LogP contribution in [0, 0.1) is 5.82 Å². The molecular formula is C32H35ClFN3O6S. The standard InChI is InChI=1S/C32H35ClFN3O6S/c1-3-41-30(38)10-8-23-18-35-29(37(23)19-24-13-16-44(24,39)40)20-36-14-11-21(12-15-36)25-5-4-6-28-31(25)43-32(2,42-28)26-9-7-22(33)17-27(26)34/h4-10,17-18,21,24H,3,11-16,19-20H2,1-2H3/b10-8+/t24?,32-/m0/s1. The fourth-order valence-corrected chi connectivity index (χ4v) is 7.66. The van der Waals surface area contributed by atoms with Crippen molar-refractivity contribution >= 4 is 33.5 Å². The fraction of sp³-hybridized carbons (Fsp3) is 0.438. The van der Waals surface area contributed by atoms with E-state index in [4.69, 9.17) is 25.8 Å². The summed E-state index contributed by atoms with van der Waals surface area (Å²) in [6.07, 6.45) is 6.99.